The van der Waals surface area contributed by atoms with Crippen LogP contribution in [0.3, 0.4) is 0 Å². The molecule has 2 aromatic rings. The van der Waals surface area contributed by atoms with Crippen LogP contribution in [-0.2, 0) is 0 Å². The second-order valence-corrected chi connectivity index (χ2v) is 3.03. The summed E-state index contributed by atoms with van der Waals surface area (Å²) >= 11 is 0. The average Bonchev–Trinajstić information content (AvgIpc) is 2.29. The van der Waals surface area contributed by atoms with Gasteiger partial charge in [-0.15, -0.1) is 0 Å². The van der Waals surface area contributed by atoms with E-state index in [4.69, 9.17) is 0 Å². The zero-order valence-corrected chi connectivity index (χ0v) is 8.04. The van der Waals surface area contributed by atoms with Gasteiger partial charge in [-0.05, 0) is 18.2 Å². The van der Waals surface area contributed by atoms with Crippen molar-refractivity contribution in [3.05, 3.63) is 54.4 Å². The highest BCUT2D eigenvalue weighted by molar-refractivity contribution is 5.82. The molecule has 0 atom stereocenters. The SMILES string of the molecule is Oc1ccccc1N=Cc1cccnc1. The predicted molar refractivity (Wildman–Crippen MR) is 59.6 cm³/mol. The van der Waals surface area contributed by atoms with Crippen LogP contribution in [0.2, 0.25) is 0 Å². The molecule has 0 amide bonds. The van der Waals surface area contributed by atoms with Crippen molar-refractivity contribution < 1.29 is 5.11 Å². The average molecular weight is 198 g/mol. The number of phenolic OH excluding ortho intramolecular Hbond substituents is 1. The minimum absolute atomic E-state index is 0.178. The van der Waals surface area contributed by atoms with Crippen LogP contribution >= 0.6 is 0 Å². The van der Waals surface area contributed by atoms with Crippen LogP contribution in [0.25, 0.3) is 0 Å². The van der Waals surface area contributed by atoms with E-state index in [0.717, 1.165) is 5.56 Å². The molecule has 0 bridgehead atoms. The lowest BCUT2D eigenvalue weighted by molar-refractivity contribution is 0.477. The Morgan fingerprint density at radius 2 is 2.00 bits per heavy atom. The normalized spacial score (nSPS) is 10.7. The first-order valence-corrected chi connectivity index (χ1v) is 4.58. The van der Waals surface area contributed by atoms with E-state index in [1.165, 1.54) is 0 Å². The van der Waals surface area contributed by atoms with E-state index in [-0.39, 0.29) is 5.75 Å². The monoisotopic (exact) mass is 198 g/mol. The van der Waals surface area contributed by atoms with Crippen LogP contribution in [0.1, 0.15) is 5.56 Å². The van der Waals surface area contributed by atoms with Gasteiger partial charge < -0.3 is 5.11 Å². The Bertz CT molecular complexity index is 466. The molecule has 2 rings (SSSR count). The fourth-order valence-corrected chi connectivity index (χ4v) is 1.17. The summed E-state index contributed by atoms with van der Waals surface area (Å²) in [6.07, 6.45) is 5.09. The standard InChI is InChI=1S/C12H10N2O/c15-12-6-2-1-5-11(12)14-9-10-4-3-7-13-8-10/h1-9,15H. The Balaban J connectivity index is 2.23. The minimum atomic E-state index is 0.178. The molecular formula is C12H10N2O. The van der Waals surface area contributed by atoms with Crippen LogP contribution in [0, 0.1) is 0 Å². The van der Waals surface area contributed by atoms with E-state index < -0.39 is 0 Å². The first kappa shape index (κ1) is 9.40. The van der Waals surface area contributed by atoms with Crippen molar-refractivity contribution in [2.45, 2.75) is 0 Å². The van der Waals surface area contributed by atoms with Crippen molar-refractivity contribution in [3.8, 4) is 5.75 Å². The Morgan fingerprint density at radius 1 is 1.13 bits per heavy atom. The molecule has 3 heteroatoms. The molecule has 1 aromatic carbocycles. The number of hydrogen-bond donors (Lipinski definition) is 1. The van der Waals surface area contributed by atoms with E-state index in [1.807, 2.05) is 18.2 Å². The third-order valence-electron chi connectivity index (χ3n) is 1.92. The summed E-state index contributed by atoms with van der Waals surface area (Å²) in [6, 6.07) is 10.7. The smallest absolute Gasteiger partial charge is 0.141 e. The van der Waals surface area contributed by atoms with Gasteiger partial charge in [-0.1, -0.05) is 18.2 Å². The van der Waals surface area contributed by atoms with Crippen LogP contribution in [0.4, 0.5) is 5.69 Å². The Labute approximate surface area is 87.8 Å². The molecule has 0 saturated carbocycles. The summed E-state index contributed by atoms with van der Waals surface area (Å²) in [5.41, 5.74) is 1.46. The van der Waals surface area contributed by atoms with E-state index in [2.05, 4.69) is 9.98 Å². The lowest BCUT2D eigenvalue weighted by Gasteiger charge is -1.96. The second-order valence-electron chi connectivity index (χ2n) is 3.03. The van der Waals surface area contributed by atoms with E-state index in [0.29, 0.717) is 5.69 Å². The zero-order valence-electron chi connectivity index (χ0n) is 8.04. The maximum atomic E-state index is 9.46. The molecule has 0 spiro atoms. The van der Waals surface area contributed by atoms with Gasteiger partial charge in [0.1, 0.15) is 11.4 Å². The Morgan fingerprint density at radius 3 is 2.73 bits per heavy atom. The van der Waals surface area contributed by atoms with Crippen LogP contribution in [-0.4, -0.2) is 16.3 Å². The van der Waals surface area contributed by atoms with Gasteiger partial charge in [0.2, 0.25) is 0 Å². The predicted octanol–water partition coefficient (Wildman–Crippen LogP) is 2.54. The fraction of sp³-hybridized carbons (Fsp3) is 0. The number of benzene rings is 1. The van der Waals surface area contributed by atoms with Gasteiger partial charge >= 0.3 is 0 Å². The number of nitrogens with zero attached hydrogens (tertiary/aromatic N) is 2. The van der Waals surface area contributed by atoms with E-state index in [9.17, 15) is 5.11 Å². The molecule has 0 aliphatic heterocycles. The number of phenols is 1. The summed E-state index contributed by atoms with van der Waals surface area (Å²) in [6.45, 7) is 0. The number of aromatic hydroxyl groups is 1. The van der Waals surface area contributed by atoms with Crippen molar-refractivity contribution in [1.29, 1.82) is 0 Å². The number of hydrogen-bond acceptors (Lipinski definition) is 3. The molecule has 0 aliphatic carbocycles. The van der Waals surface area contributed by atoms with Crippen LogP contribution in [0.15, 0.2) is 53.8 Å². The summed E-state index contributed by atoms with van der Waals surface area (Å²) in [5, 5.41) is 9.46. The highest BCUT2D eigenvalue weighted by atomic mass is 16.3. The van der Waals surface area contributed by atoms with Gasteiger partial charge in [0.15, 0.2) is 0 Å². The van der Waals surface area contributed by atoms with Gasteiger partial charge in [-0.25, -0.2) is 0 Å². The largest absolute Gasteiger partial charge is 0.506 e. The molecule has 15 heavy (non-hydrogen) atoms. The molecule has 0 fully saturated rings. The van der Waals surface area contributed by atoms with Crippen molar-refractivity contribution in [1.82, 2.24) is 4.98 Å². The van der Waals surface area contributed by atoms with Crippen molar-refractivity contribution in [2.24, 2.45) is 4.99 Å². The van der Waals surface area contributed by atoms with Gasteiger partial charge in [0, 0.05) is 24.2 Å². The first-order chi connectivity index (χ1) is 7.36. The van der Waals surface area contributed by atoms with Crippen molar-refractivity contribution >= 4 is 11.9 Å². The van der Waals surface area contributed by atoms with E-state index >= 15 is 0 Å². The Hall–Kier alpha value is -2.16. The van der Waals surface area contributed by atoms with Gasteiger partial charge in [0.05, 0.1) is 0 Å². The molecular weight excluding hydrogens is 188 g/mol. The summed E-state index contributed by atoms with van der Waals surface area (Å²) in [5.74, 6) is 0.178. The Kier molecular flexibility index (Phi) is 2.74. The lowest BCUT2D eigenvalue weighted by atomic mass is 10.3. The van der Waals surface area contributed by atoms with E-state index in [1.54, 1.807) is 36.8 Å². The van der Waals surface area contributed by atoms with Crippen LogP contribution < -0.4 is 0 Å². The molecule has 0 aliphatic rings. The lowest BCUT2D eigenvalue weighted by Crippen LogP contribution is -1.80. The zero-order chi connectivity index (χ0) is 10.5. The summed E-state index contributed by atoms with van der Waals surface area (Å²) in [4.78, 5) is 8.13. The maximum Gasteiger partial charge on any atom is 0.141 e. The molecule has 0 saturated heterocycles. The minimum Gasteiger partial charge on any atom is -0.506 e. The first-order valence-electron chi connectivity index (χ1n) is 4.58. The van der Waals surface area contributed by atoms with Crippen molar-refractivity contribution in [2.75, 3.05) is 0 Å². The summed E-state index contributed by atoms with van der Waals surface area (Å²) < 4.78 is 0. The number of para-hydroxylation sites is 2. The number of rotatable bonds is 2. The maximum absolute atomic E-state index is 9.46. The third-order valence-corrected chi connectivity index (χ3v) is 1.92. The molecule has 1 heterocycles. The molecule has 3 nitrogen and oxygen atoms in total. The van der Waals surface area contributed by atoms with Crippen LogP contribution in [0.5, 0.6) is 5.75 Å². The molecule has 1 aromatic heterocycles. The molecule has 0 radical (unpaired) electrons. The highest BCUT2D eigenvalue weighted by Gasteiger charge is 1.94. The second kappa shape index (κ2) is 4.37. The molecule has 1 N–H and O–H groups in total. The quantitative estimate of drug-likeness (QED) is 0.753. The van der Waals surface area contributed by atoms with Crippen molar-refractivity contribution in [3.63, 3.8) is 0 Å². The van der Waals surface area contributed by atoms with Gasteiger partial charge in [-0.2, -0.15) is 0 Å². The highest BCUT2D eigenvalue weighted by Crippen LogP contribution is 2.24. The van der Waals surface area contributed by atoms with Gasteiger partial charge in [0.25, 0.3) is 0 Å². The fourth-order valence-electron chi connectivity index (χ4n) is 1.17. The van der Waals surface area contributed by atoms with Gasteiger partial charge in [-0.3, -0.25) is 9.98 Å². The molecule has 0 unspecified atom stereocenters. The third kappa shape index (κ3) is 2.40. The summed E-state index contributed by atoms with van der Waals surface area (Å²) in [7, 11) is 0. The number of pyridine rings is 1. The number of aliphatic imine (C=N–C) groups is 1. The number of aromatic nitrogens is 1. The molecule has 74 valence electrons. The topological polar surface area (TPSA) is 45.5 Å².